The van der Waals surface area contributed by atoms with Gasteiger partial charge in [-0.15, -0.1) is 0 Å². The van der Waals surface area contributed by atoms with Gasteiger partial charge in [0.15, 0.2) is 0 Å². The lowest BCUT2D eigenvalue weighted by molar-refractivity contribution is 0.408. The Balaban J connectivity index is 1.74. The van der Waals surface area contributed by atoms with Crippen LogP contribution in [0, 0.1) is 0 Å². The van der Waals surface area contributed by atoms with Gasteiger partial charge in [0.2, 0.25) is 0 Å². The van der Waals surface area contributed by atoms with Crippen molar-refractivity contribution in [2.75, 3.05) is 14.2 Å². The molecule has 0 aliphatic heterocycles. The first-order chi connectivity index (χ1) is 13.3. The molecule has 1 heterocycles. The predicted octanol–water partition coefficient (Wildman–Crippen LogP) is 4.69. The predicted molar refractivity (Wildman–Crippen MR) is 108 cm³/mol. The molecule has 0 saturated heterocycles. The molecule has 0 fully saturated rings. The van der Waals surface area contributed by atoms with E-state index in [1.54, 1.807) is 14.2 Å². The Labute approximate surface area is 159 Å². The molecular formula is C23H22N2O2. The molecule has 0 radical (unpaired) electrons. The number of rotatable bonds is 6. The van der Waals surface area contributed by atoms with Crippen LogP contribution in [0.1, 0.15) is 17.0 Å². The minimum absolute atomic E-state index is 0.718. The van der Waals surface area contributed by atoms with Crippen molar-refractivity contribution in [3.05, 3.63) is 89.7 Å². The summed E-state index contributed by atoms with van der Waals surface area (Å²) >= 11 is 0. The lowest BCUT2D eigenvalue weighted by Crippen LogP contribution is -2.07. The molecule has 3 aromatic carbocycles. The van der Waals surface area contributed by atoms with Crippen LogP contribution >= 0.6 is 0 Å². The summed E-state index contributed by atoms with van der Waals surface area (Å²) in [4.78, 5) is 4.89. The third-order valence-electron chi connectivity index (χ3n) is 4.78. The number of benzene rings is 3. The minimum atomic E-state index is 0.718. The number of methoxy groups -OCH3 is 2. The first kappa shape index (κ1) is 17.2. The number of aromatic nitrogens is 2. The zero-order chi connectivity index (χ0) is 18.6. The smallest absolute Gasteiger partial charge is 0.123 e. The Morgan fingerprint density at radius 2 is 1.56 bits per heavy atom. The molecule has 0 atom stereocenters. The van der Waals surface area contributed by atoms with Gasteiger partial charge in [-0.25, -0.2) is 4.98 Å². The number of hydrogen-bond acceptors (Lipinski definition) is 3. The van der Waals surface area contributed by atoms with Crippen LogP contribution in [-0.2, 0) is 13.0 Å². The van der Waals surface area contributed by atoms with E-state index in [9.17, 15) is 0 Å². The van der Waals surface area contributed by atoms with E-state index < -0.39 is 0 Å². The van der Waals surface area contributed by atoms with Crippen LogP contribution in [0.2, 0.25) is 0 Å². The first-order valence-electron chi connectivity index (χ1n) is 8.97. The second kappa shape index (κ2) is 7.54. The van der Waals surface area contributed by atoms with E-state index >= 15 is 0 Å². The lowest BCUT2D eigenvalue weighted by Gasteiger charge is -2.13. The summed E-state index contributed by atoms with van der Waals surface area (Å²) in [5.74, 6) is 2.79. The maximum absolute atomic E-state index is 5.54. The van der Waals surface area contributed by atoms with Gasteiger partial charge in [-0.2, -0.15) is 0 Å². The van der Waals surface area contributed by atoms with Crippen LogP contribution in [0.4, 0.5) is 0 Å². The molecule has 4 aromatic rings. The van der Waals surface area contributed by atoms with Crippen LogP contribution in [-0.4, -0.2) is 23.8 Å². The van der Waals surface area contributed by atoms with Gasteiger partial charge in [0, 0.05) is 12.0 Å². The number of ether oxygens (including phenoxy) is 2. The van der Waals surface area contributed by atoms with Crippen molar-refractivity contribution in [2.24, 2.45) is 0 Å². The summed E-state index contributed by atoms with van der Waals surface area (Å²) in [5, 5.41) is 0. The van der Waals surface area contributed by atoms with Crippen molar-refractivity contribution in [3.8, 4) is 11.5 Å². The van der Waals surface area contributed by atoms with E-state index in [1.807, 2.05) is 36.4 Å². The second-order valence-electron chi connectivity index (χ2n) is 6.44. The van der Waals surface area contributed by atoms with Gasteiger partial charge in [0.25, 0.3) is 0 Å². The maximum Gasteiger partial charge on any atom is 0.123 e. The minimum Gasteiger partial charge on any atom is -0.497 e. The van der Waals surface area contributed by atoms with Gasteiger partial charge in [-0.1, -0.05) is 42.5 Å². The number of fused-ring (bicyclic) bond motifs is 1. The fourth-order valence-corrected chi connectivity index (χ4v) is 3.37. The molecule has 4 nitrogen and oxygen atoms in total. The van der Waals surface area contributed by atoms with Crippen molar-refractivity contribution >= 4 is 11.0 Å². The average Bonchev–Trinajstić information content (AvgIpc) is 3.06. The molecular weight excluding hydrogens is 336 g/mol. The Bertz CT molecular complexity index is 1050. The zero-order valence-electron chi connectivity index (χ0n) is 15.6. The summed E-state index contributed by atoms with van der Waals surface area (Å²) in [7, 11) is 3.39. The fourth-order valence-electron chi connectivity index (χ4n) is 3.37. The largest absolute Gasteiger partial charge is 0.497 e. The molecule has 27 heavy (non-hydrogen) atoms. The number of nitrogens with zero attached hydrogens (tertiary/aromatic N) is 2. The molecule has 0 amide bonds. The Kier molecular flexibility index (Phi) is 4.79. The van der Waals surface area contributed by atoms with Crippen LogP contribution in [0.3, 0.4) is 0 Å². The number of hydrogen-bond donors (Lipinski definition) is 0. The van der Waals surface area contributed by atoms with E-state index in [1.165, 1.54) is 5.56 Å². The van der Waals surface area contributed by atoms with Crippen LogP contribution in [0.5, 0.6) is 11.5 Å². The second-order valence-corrected chi connectivity index (χ2v) is 6.44. The summed E-state index contributed by atoms with van der Waals surface area (Å²) in [5.41, 5.74) is 4.48. The first-order valence-corrected chi connectivity index (χ1v) is 8.97. The van der Waals surface area contributed by atoms with Crippen molar-refractivity contribution in [1.29, 1.82) is 0 Å². The molecule has 4 rings (SSSR count). The zero-order valence-corrected chi connectivity index (χ0v) is 15.6. The molecule has 1 aromatic heterocycles. The molecule has 0 spiro atoms. The standard InChI is InChI=1S/C23H22N2O2/c1-26-19-13-11-17(12-14-19)15-23-24-20-8-4-5-9-21(20)25(23)16-18-7-3-6-10-22(18)27-2/h3-14H,15-16H2,1-2H3. The molecule has 0 unspecified atom stereocenters. The highest BCUT2D eigenvalue weighted by atomic mass is 16.5. The summed E-state index contributed by atoms with van der Waals surface area (Å²) in [6.07, 6.45) is 0.758. The molecule has 0 saturated carbocycles. The van der Waals surface area contributed by atoms with Gasteiger partial charge in [-0.3, -0.25) is 0 Å². The fraction of sp³-hybridized carbons (Fsp3) is 0.174. The molecule has 4 heteroatoms. The van der Waals surface area contributed by atoms with Crippen LogP contribution < -0.4 is 9.47 Å². The highest BCUT2D eigenvalue weighted by molar-refractivity contribution is 5.76. The van der Waals surface area contributed by atoms with Gasteiger partial charge in [-0.05, 0) is 35.9 Å². The molecule has 136 valence electrons. The summed E-state index contributed by atoms with van der Waals surface area (Å²) < 4.78 is 13.1. The van der Waals surface area contributed by atoms with Gasteiger partial charge >= 0.3 is 0 Å². The third-order valence-corrected chi connectivity index (χ3v) is 4.78. The number of para-hydroxylation sites is 3. The van der Waals surface area contributed by atoms with Gasteiger partial charge < -0.3 is 14.0 Å². The maximum atomic E-state index is 5.54. The van der Waals surface area contributed by atoms with E-state index in [2.05, 4.69) is 41.0 Å². The van der Waals surface area contributed by atoms with E-state index in [0.29, 0.717) is 0 Å². The Morgan fingerprint density at radius 3 is 2.33 bits per heavy atom. The molecule has 0 N–H and O–H groups in total. The highest BCUT2D eigenvalue weighted by Gasteiger charge is 2.13. The van der Waals surface area contributed by atoms with Crippen molar-refractivity contribution in [2.45, 2.75) is 13.0 Å². The average molecular weight is 358 g/mol. The Morgan fingerprint density at radius 1 is 0.815 bits per heavy atom. The van der Waals surface area contributed by atoms with E-state index in [-0.39, 0.29) is 0 Å². The molecule has 0 aliphatic carbocycles. The highest BCUT2D eigenvalue weighted by Crippen LogP contribution is 2.24. The van der Waals surface area contributed by atoms with Gasteiger partial charge in [0.1, 0.15) is 17.3 Å². The van der Waals surface area contributed by atoms with Crippen molar-refractivity contribution in [3.63, 3.8) is 0 Å². The SMILES string of the molecule is COc1ccc(Cc2nc3ccccc3n2Cc2ccccc2OC)cc1. The normalized spacial score (nSPS) is 10.9. The lowest BCUT2D eigenvalue weighted by atomic mass is 10.1. The third kappa shape index (κ3) is 3.51. The van der Waals surface area contributed by atoms with Crippen molar-refractivity contribution < 1.29 is 9.47 Å². The van der Waals surface area contributed by atoms with Gasteiger partial charge in [0.05, 0.1) is 31.8 Å². The summed E-state index contributed by atoms with van der Waals surface area (Å²) in [6, 6.07) is 24.6. The quantitative estimate of drug-likeness (QED) is 0.501. The van der Waals surface area contributed by atoms with E-state index in [4.69, 9.17) is 14.5 Å². The van der Waals surface area contributed by atoms with Crippen LogP contribution in [0.25, 0.3) is 11.0 Å². The topological polar surface area (TPSA) is 36.3 Å². The van der Waals surface area contributed by atoms with Crippen LogP contribution in [0.15, 0.2) is 72.8 Å². The molecule has 0 aliphatic rings. The molecule has 0 bridgehead atoms. The van der Waals surface area contributed by atoms with Crippen molar-refractivity contribution in [1.82, 2.24) is 9.55 Å². The Hall–Kier alpha value is -3.27. The monoisotopic (exact) mass is 358 g/mol. The summed E-state index contributed by atoms with van der Waals surface area (Å²) in [6.45, 7) is 0.718. The number of imidazole rings is 1. The van der Waals surface area contributed by atoms with E-state index in [0.717, 1.165) is 46.9 Å².